The number of hydrogen-bond donors (Lipinski definition) is 1. The van der Waals surface area contributed by atoms with Crippen LogP contribution in [0.15, 0.2) is 36.5 Å². The molecular formula is C23H27F3N2O5. The molecule has 2 atom stereocenters. The second-order valence-electron chi connectivity index (χ2n) is 8.16. The first-order valence-corrected chi connectivity index (χ1v) is 10.8. The molecule has 0 saturated carbocycles. The number of carbonyl (C=O) groups excluding carboxylic acids is 1. The van der Waals surface area contributed by atoms with Crippen molar-refractivity contribution in [3.63, 3.8) is 0 Å². The second kappa shape index (κ2) is 10.5. The monoisotopic (exact) mass is 468 g/mol. The highest BCUT2D eigenvalue weighted by atomic mass is 19.4. The van der Waals surface area contributed by atoms with E-state index in [1.807, 2.05) is 42.2 Å². The number of carbonyl (C=O) groups is 2. The highest BCUT2D eigenvalue weighted by Crippen LogP contribution is 2.41. The van der Waals surface area contributed by atoms with Gasteiger partial charge in [-0.05, 0) is 38.3 Å². The van der Waals surface area contributed by atoms with Gasteiger partial charge in [-0.2, -0.15) is 13.2 Å². The maximum atomic E-state index is 13.3. The summed E-state index contributed by atoms with van der Waals surface area (Å²) in [5.74, 6) is -2.67. The van der Waals surface area contributed by atoms with Crippen molar-refractivity contribution < 1.29 is 37.3 Å². The number of benzene rings is 1. The summed E-state index contributed by atoms with van der Waals surface area (Å²) in [6.45, 7) is 5.62. The first-order chi connectivity index (χ1) is 15.7. The number of halogens is 3. The summed E-state index contributed by atoms with van der Waals surface area (Å²) in [5, 5.41) is 8.04. The largest absolute Gasteiger partial charge is 0.490 e. The maximum absolute atomic E-state index is 13.3. The van der Waals surface area contributed by atoms with E-state index in [9.17, 15) is 18.0 Å². The van der Waals surface area contributed by atoms with Gasteiger partial charge in [0.15, 0.2) is 0 Å². The van der Waals surface area contributed by atoms with E-state index in [0.29, 0.717) is 19.8 Å². The molecule has 1 N–H and O–H groups in total. The Bertz CT molecular complexity index is 979. The minimum Gasteiger partial charge on any atom is -0.475 e. The summed E-state index contributed by atoms with van der Waals surface area (Å²) in [7, 11) is 0. The molecule has 4 rings (SSSR count). The summed E-state index contributed by atoms with van der Waals surface area (Å²) >= 11 is 0. The van der Waals surface area contributed by atoms with Crippen LogP contribution >= 0.6 is 0 Å². The van der Waals surface area contributed by atoms with Crippen LogP contribution in [-0.2, 0) is 14.3 Å². The number of nitrogens with zero attached hydrogens (tertiary/aromatic N) is 2. The molecule has 2 saturated heterocycles. The van der Waals surface area contributed by atoms with Crippen molar-refractivity contribution in [2.45, 2.75) is 38.5 Å². The number of rotatable bonds is 4. The molecule has 2 aromatic rings. The minimum atomic E-state index is -5.08. The number of pyridine rings is 1. The quantitative estimate of drug-likeness (QED) is 0.732. The number of aromatic nitrogens is 1. The number of ether oxygens (including phenoxy) is 2. The van der Waals surface area contributed by atoms with Gasteiger partial charge in [0.25, 0.3) is 5.91 Å². The van der Waals surface area contributed by atoms with Gasteiger partial charge >= 0.3 is 12.1 Å². The number of aliphatic carboxylic acids is 1. The van der Waals surface area contributed by atoms with E-state index in [-0.39, 0.29) is 17.4 Å². The van der Waals surface area contributed by atoms with Crippen molar-refractivity contribution in [3.8, 4) is 0 Å². The summed E-state index contributed by atoms with van der Waals surface area (Å²) in [6.07, 6.45) is -0.201. The Labute approximate surface area is 189 Å². The first kappa shape index (κ1) is 24.9. The molecule has 1 aromatic heterocycles. The van der Waals surface area contributed by atoms with Gasteiger partial charge in [-0.3, -0.25) is 9.78 Å². The Morgan fingerprint density at radius 3 is 2.73 bits per heavy atom. The lowest BCUT2D eigenvalue weighted by Gasteiger charge is -2.50. The van der Waals surface area contributed by atoms with Crippen LogP contribution in [0.3, 0.4) is 0 Å². The molecule has 2 aliphatic heterocycles. The average molecular weight is 468 g/mol. The Morgan fingerprint density at radius 1 is 1.30 bits per heavy atom. The lowest BCUT2D eigenvalue weighted by molar-refractivity contribution is -0.192. The molecule has 0 radical (unpaired) electrons. The molecule has 1 amide bonds. The van der Waals surface area contributed by atoms with Gasteiger partial charge in [0.1, 0.15) is 0 Å². The predicted octanol–water partition coefficient (Wildman–Crippen LogP) is 3.92. The predicted molar refractivity (Wildman–Crippen MR) is 114 cm³/mol. The molecule has 0 aliphatic carbocycles. The fourth-order valence-electron chi connectivity index (χ4n) is 4.43. The number of piperidine rings is 1. The molecule has 1 aromatic carbocycles. The van der Waals surface area contributed by atoms with Crippen LogP contribution in [0.2, 0.25) is 0 Å². The van der Waals surface area contributed by atoms with E-state index in [1.54, 1.807) is 6.20 Å². The van der Waals surface area contributed by atoms with Crippen LogP contribution in [0.5, 0.6) is 0 Å². The number of para-hydroxylation sites is 1. The van der Waals surface area contributed by atoms with Crippen LogP contribution < -0.4 is 0 Å². The van der Waals surface area contributed by atoms with Crippen LogP contribution in [0, 0.1) is 5.41 Å². The van der Waals surface area contributed by atoms with Crippen LogP contribution in [0.25, 0.3) is 10.9 Å². The zero-order valence-electron chi connectivity index (χ0n) is 18.3. The number of alkyl halides is 3. The molecule has 0 bridgehead atoms. The minimum absolute atomic E-state index is 0.0784. The van der Waals surface area contributed by atoms with Crippen molar-refractivity contribution in [2.24, 2.45) is 5.41 Å². The van der Waals surface area contributed by atoms with Crippen molar-refractivity contribution in [1.82, 2.24) is 9.88 Å². The summed E-state index contributed by atoms with van der Waals surface area (Å²) in [6, 6.07) is 9.67. The van der Waals surface area contributed by atoms with Gasteiger partial charge in [0, 0.05) is 43.3 Å². The molecule has 0 spiro atoms. The van der Waals surface area contributed by atoms with Crippen LogP contribution in [0.4, 0.5) is 13.2 Å². The number of carboxylic acid groups (broad SMARTS) is 1. The Kier molecular flexibility index (Phi) is 7.91. The number of fused-ring (bicyclic) bond motifs is 2. The molecule has 7 nitrogen and oxygen atoms in total. The molecule has 2 aliphatic rings. The normalized spacial score (nSPS) is 22.8. The topological polar surface area (TPSA) is 89.0 Å². The molecule has 3 heterocycles. The SMILES string of the molecule is CCOCC12CCCOC1CCN(C(=O)c1ccnc3ccccc13)C2.O=C(O)C(F)(F)F. The van der Waals surface area contributed by atoms with E-state index in [1.165, 1.54) is 0 Å². The van der Waals surface area contributed by atoms with E-state index in [0.717, 1.165) is 48.9 Å². The summed E-state index contributed by atoms with van der Waals surface area (Å²) in [4.78, 5) is 28.6. The van der Waals surface area contributed by atoms with Gasteiger partial charge in [-0.25, -0.2) is 4.79 Å². The fraction of sp³-hybridized carbons (Fsp3) is 0.522. The fourth-order valence-corrected chi connectivity index (χ4v) is 4.43. The van der Waals surface area contributed by atoms with Crippen molar-refractivity contribution in [2.75, 3.05) is 32.9 Å². The summed E-state index contributed by atoms with van der Waals surface area (Å²) < 4.78 is 43.6. The lowest BCUT2D eigenvalue weighted by Crippen LogP contribution is -2.58. The maximum Gasteiger partial charge on any atom is 0.490 e. The van der Waals surface area contributed by atoms with Crippen molar-refractivity contribution in [3.05, 3.63) is 42.1 Å². The average Bonchev–Trinajstić information content (AvgIpc) is 2.81. The van der Waals surface area contributed by atoms with Crippen LogP contribution in [0.1, 0.15) is 36.5 Å². The van der Waals surface area contributed by atoms with Gasteiger partial charge in [-0.1, -0.05) is 18.2 Å². The number of hydrogen-bond acceptors (Lipinski definition) is 5. The Morgan fingerprint density at radius 2 is 2.03 bits per heavy atom. The molecule has 33 heavy (non-hydrogen) atoms. The molecular weight excluding hydrogens is 441 g/mol. The molecule has 10 heteroatoms. The van der Waals surface area contributed by atoms with Gasteiger partial charge in [0.05, 0.1) is 23.8 Å². The van der Waals surface area contributed by atoms with Crippen molar-refractivity contribution >= 4 is 22.8 Å². The van der Waals surface area contributed by atoms with Crippen LogP contribution in [-0.4, -0.2) is 72.1 Å². The third-order valence-electron chi connectivity index (χ3n) is 5.99. The van der Waals surface area contributed by atoms with E-state index in [4.69, 9.17) is 19.4 Å². The second-order valence-corrected chi connectivity index (χ2v) is 8.16. The van der Waals surface area contributed by atoms with E-state index < -0.39 is 12.1 Å². The number of likely N-dealkylation sites (tertiary alicyclic amines) is 1. The summed E-state index contributed by atoms with van der Waals surface area (Å²) in [5.41, 5.74) is 1.51. The smallest absolute Gasteiger partial charge is 0.475 e. The molecule has 2 unspecified atom stereocenters. The molecule has 2 fully saturated rings. The third kappa shape index (κ3) is 5.80. The van der Waals surface area contributed by atoms with Gasteiger partial charge in [-0.15, -0.1) is 0 Å². The first-order valence-electron chi connectivity index (χ1n) is 10.8. The molecule has 180 valence electrons. The van der Waals surface area contributed by atoms with E-state index in [2.05, 4.69) is 4.98 Å². The Hall–Kier alpha value is -2.72. The number of amides is 1. The van der Waals surface area contributed by atoms with Crippen molar-refractivity contribution in [1.29, 1.82) is 0 Å². The number of carboxylic acids is 1. The zero-order valence-corrected chi connectivity index (χ0v) is 18.3. The van der Waals surface area contributed by atoms with Gasteiger partial charge in [0.2, 0.25) is 0 Å². The Balaban J connectivity index is 0.000000383. The lowest BCUT2D eigenvalue weighted by atomic mass is 9.73. The standard InChI is InChI=1S/C21H26N2O3.C2HF3O2/c1-2-25-15-21-10-5-13-26-19(21)9-12-23(14-21)20(24)17-8-11-22-18-7-4-3-6-16(17)18;3-2(4,5)1(6)7/h3-4,6-8,11,19H,2,5,9-10,12-15H2,1H3;(H,6,7). The zero-order chi connectivity index (χ0) is 24.1. The highest BCUT2D eigenvalue weighted by Gasteiger charge is 2.47. The third-order valence-corrected chi connectivity index (χ3v) is 5.99. The highest BCUT2D eigenvalue weighted by molar-refractivity contribution is 6.06. The van der Waals surface area contributed by atoms with Gasteiger partial charge < -0.3 is 19.5 Å². The van der Waals surface area contributed by atoms with E-state index >= 15 is 0 Å².